The van der Waals surface area contributed by atoms with Gasteiger partial charge in [0.15, 0.2) is 17.5 Å². The number of hydrogen-bond acceptors (Lipinski definition) is 1. The Balaban J connectivity index is 1.88. The van der Waals surface area contributed by atoms with Crippen LogP contribution in [0.3, 0.4) is 0 Å². The molecule has 1 amide bonds. The summed E-state index contributed by atoms with van der Waals surface area (Å²) in [7, 11) is 0. The van der Waals surface area contributed by atoms with Crippen LogP contribution in [0.25, 0.3) is 10.9 Å². The summed E-state index contributed by atoms with van der Waals surface area (Å²) in [5, 5.41) is 3.38. The van der Waals surface area contributed by atoms with E-state index < -0.39 is 23.4 Å². The summed E-state index contributed by atoms with van der Waals surface area (Å²) in [5.41, 5.74) is 1.07. The van der Waals surface area contributed by atoms with Crippen LogP contribution in [0.2, 0.25) is 0 Å². The lowest BCUT2D eigenvalue weighted by molar-refractivity contribution is 0.102. The molecule has 2 aromatic carbocycles. The molecule has 0 aliphatic heterocycles. The smallest absolute Gasteiger partial charge is 0.255 e. The number of aromatic nitrogens is 1. The van der Waals surface area contributed by atoms with Gasteiger partial charge in [-0.25, -0.2) is 13.2 Å². The van der Waals surface area contributed by atoms with E-state index in [1.165, 1.54) is 0 Å². The minimum absolute atomic E-state index is 0.291. The van der Waals surface area contributed by atoms with Crippen LogP contribution in [0.15, 0.2) is 42.6 Å². The number of anilines is 1. The number of fused-ring (bicyclic) bond motifs is 1. The van der Waals surface area contributed by atoms with Gasteiger partial charge < -0.3 is 10.3 Å². The Morgan fingerprint density at radius 3 is 2.43 bits per heavy atom. The normalized spacial score (nSPS) is 10.8. The average molecular weight is 290 g/mol. The molecule has 0 radical (unpaired) electrons. The number of rotatable bonds is 2. The minimum atomic E-state index is -1.60. The standard InChI is InChI=1S/C15H9F3N2O/c16-11-6-9(7-12(17)14(11)18)15(21)20-10-1-2-13-8(5-10)3-4-19-13/h1-7,19H,(H,20,21). The molecule has 0 atom stereocenters. The summed E-state index contributed by atoms with van der Waals surface area (Å²) in [5.74, 6) is -5.12. The largest absolute Gasteiger partial charge is 0.361 e. The van der Waals surface area contributed by atoms with Crippen LogP contribution >= 0.6 is 0 Å². The number of carbonyl (C=O) groups is 1. The monoisotopic (exact) mass is 290 g/mol. The van der Waals surface area contributed by atoms with Crippen LogP contribution < -0.4 is 5.32 Å². The van der Waals surface area contributed by atoms with Gasteiger partial charge in [0.2, 0.25) is 0 Å². The van der Waals surface area contributed by atoms with Gasteiger partial charge in [-0.2, -0.15) is 0 Å². The fraction of sp³-hybridized carbons (Fsp3) is 0. The summed E-state index contributed by atoms with van der Waals surface area (Å²) in [6, 6.07) is 8.25. The zero-order valence-electron chi connectivity index (χ0n) is 10.6. The molecule has 0 fully saturated rings. The number of hydrogen-bond donors (Lipinski definition) is 2. The van der Waals surface area contributed by atoms with Gasteiger partial charge in [0.1, 0.15) is 0 Å². The summed E-state index contributed by atoms with van der Waals surface area (Å²) >= 11 is 0. The second-order valence-corrected chi connectivity index (χ2v) is 4.49. The number of aromatic amines is 1. The number of carbonyl (C=O) groups excluding carboxylic acids is 1. The van der Waals surface area contributed by atoms with Gasteiger partial charge in [0.05, 0.1) is 0 Å². The Bertz CT molecular complexity index is 819. The lowest BCUT2D eigenvalue weighted by Crippen LogP contribution is -2.13. The second kappa shape index (κ2) is 4.97. The van der Waals surface area contributed by atoms with E-state index in [1.54, 1.807) is 24.4 Å². The maximum Gasteiger partial charge on any atom is 0.255 e. The van der Waals surface area contributed by atoms with Crippen LogP contribution in [-0.4, -0.2) is 10.9 Å². The van der Waals surface area contributed by atoms with E-state index in [2.05, 4.69) is 10.3 Å². The number of amides is 1. The SMILES string of the molecule is O=C(Nc1ccc2[nH]ccc2c1)c1cc(F)c(F)c(F)c1. The average Bonchev–Trinajstić information content (AvgIpc) is 2.91. The molecule has 0 unspecified atom stereocenters. The molecule has 0 bridgehead atoms. The maximum atomic E-state index is 13.1. The van der Waals surface area contributed by atoms with E-state index in [1.807, 2.05) is 6.07 Å². The Morgan fingerprint density at radius 1 is 1.00 bits per heavy atom. The predicted molar refractivity (Wildman–Crippen MR) is 72.6 cm³/mol. The fourth-order valence-electron chi connectivity index (χ4n) is 2.02. The van der Waals surface area contributed by atoms with E-state index in [-0.39, 0.29) is 5.56 Å². The number of halogens is 3. The van der Waals surface area contributed by atoms with Gasteiger partial charge in [-0.1, -0.05) is 0 Å². The molecule has 1 aromatic heterocycles. The highest BCUT2D eigenvalue weighted by molar-refractivity contribution is 6.05. The summed E-state index contributed by atoms with van der Waals surface area (Å²) in [6.45, 7) is 0. The topological polar surface area (TPSA) is 44.9 Å². The second-order valence-electron chi connectivity index (χ2n) is 4.49. The quantitative estimate of drug-likeness (QED) is 0.692. The zero-order chi connectivity index (χ0) is 15.0. The fourth-order valence-corrected chi connectivity index (χ4v) is 2.02. The number of nitrogens with one attached hydrogen (secondary N) is 2. The van der Waals surface area contributed by atoms with E-state index in [9.17, 15) is 18.0 Å². The molecular weight excluding hydrogens is 281 g/mol. The van der Waals surface area contributed by atoms with Crippen LogP contribution in [0, 0.1) is 17.5 Å². The molecule has 6 heteroatoms. The van der Waals surface area contributed by atoms with Crippen molar-refractivity contribution >= 4 is 22.5 Å². The zero-order valence-corrected chi connectivity index (χ0v) is 10.6. The van der Waals surface area contributed by atoms with Crippen LogP contribution in [0.1, 0.15) is 10.4 Å². The van der Waals surface area contributed by atoms with Crippen molar-refractivity contribution in [2.24, 2.45) is 0 Å². The van der Waals surface area contributed by atoms with Crippen molar-refractivity contribution in [1.82, 2.24) is 4.98 Å². The molecular formula is C15H9F3N2O. The van der Waals surface area contributed by atoms with Gasteiger partial charge in [-0.05, 0) is 36.4 Å². The van der Waals surface area contributed by atoms with Crippen molar-refractivity contribution < 1.29 is 18.0 Å². The van der Waals surface area contributed by atoms with Gasteiger partial charge >= 0.3 is 0 Å². The van der Waals surface area contributed by atoms with Gasteiger partial charge in [0, 0.05) is 28.4 Å². The molecule has 106 valence electrons. The van der Waals surface area contributed by atoms with Crippen LogP contribution in [0.5, 0.6) is 0 Å². The molecule has 3 aromatic rings. The Labute approximate surface area is 117 Å². The summed E-state index contributed by atoms with van der Waals surface area (Å²) in [4.78, 5) is 14.9. The van der Waals surface area contributed by atoms with Gasteiger partial charge in [0.25, 0.3) is 5.91 Å². The molecule has 1 heterocycles. The first-order chi connectivity index (χ1) is 10.0. The third-order valence-corrected chi connectivity index (χ3v) is 3.06. The first-order valence-corrected chi connectivity index (χ1v) is 6.07. The third kappa shape index (κ3) is 2.47. The highest BCUT2D eigenvalue weighted by Crippen LogP contribution is 2.19. The van der Waals surface area contributed by atoms with Gasteiger partial charge in [-0.3, -0.25) is 4.79 Å². The first kappa shape index (κ1) is 13.2. The summed E-state index contributed by atoms with van der Waals surface area (Å²) < 4.78 is 39.1. The van der Waals surface area contributed by atoms with E-state index in [0.29, 0.717) is 17.8 Å². The molecule has 21 heavy (non-hydrogen) atoms. The summed E-state index contributed by atoms with van der Waals surface area (Å²) in [6.07, 6.45) is 1.75. The molecule has 2 N–H and O–H groups in total. The highest BCUT2D eigenvalue weighted by atomic mass is 19.2. The minimum Gasteiger partial charge on any atom is -0.361 e. The number of H-pyrrole nitrogens is 1. The molecule has 0 saturated carbocycles. The highest BCUT2D eigenvalue weighted by Gasteiger charge is 2.15. The van der Waals surface area contributed by atoms with Gasteiger partial charge in [-0.15, -0.1) is 0 Å². The molecule has 0 aliphatic carbocycles. The van der Waals surface area contributed by atoms with E-state index in [4.69, 9.17) is 0 Å². The van der Waals surface area contributed by atoms with Crippen LogP contribution in [-0.2, 0) is 0 Å². The molecule has 0 spiro atoms. The molecule has 0 saturated heterocycles. The maximum absolute atomic E-state index is 13.1. The third-order valence-electron chi connectivity index (χ3n) is 3.06. The lowest BCUT2D eigenvalue weighted by atomic mass is 10.1. The van der Waals surface area contributed by atoms with Crippen molar-refractivity contribution in [2.45, 2.75) is 0 Å². The van der Waals surface area contributed by atoms with Crippen molar-refractivity contribution in [3.05, 3.63) is 65.6 Å². The van der Waals surface area contributed by atoms with Crippen molar-refractivity contribution in [1.29, 1.82) is 0 Å². The molecule has 3 nitrogen and oxygen atoms in total. The van der Waals surface area contributed by atoms with Crippen molar-refractivity contribution in [2.75, 3.05) is 5.32 Å². The lowest BCUT2D eigenvalue weighted by Gasteiger charge is -2.06. The van der Waals surface area contributed by atoms with E-state index in [0.717, 1.165) is 10.9 Å². The Kier molecular flexibility index (Phi) is 3.13. The van der Waals surface area contributed by atoms with E-state index >= 15 is 0 Å². The Morgan fingerprint density at radius 2 is 1.71 bits per heavy atom. The first-order valence-electron chi connectivity index (χ1n) is 6.07. The van der Waals surface area contributed by atoms with Crippen molar-refractivity contribution in [3.8, 4) is 0 Å². The molecule has 0 aliphatic rings. The molecule has 3 rings (SSSR count). The van der Waals surface area contributed by atoms with Crippen molar-refractivity contribution in [3.63, 3.8) is 0 Å². The number of benzene rings is 2. The Hall–Kier alpha value is -2.76. The predicted octanol–water partition coefficient (Wildman–Crippen LogP) is 3.84. The van der Waals surface area contributed by atoms with Crippen LogP contribution in [0.4, 0.5) is 18.9 Å².